The number of amides is 1. The lowest BCUT2D eigenvalue weighted by molar-refractivity contribution is 0.0165. The maximum atomic E-state index is 12.1. The quantitative estimate of drug-likeness (QED) is 0.836. The predicted octanol–water partition coefficient (Wildman–Crippen LogP) is 2.61. The molecule has 1 aliphatic rings. The van der Waals surface area contributed by atoms with Gasteiger partial charge in [-0.25, -0.2) is 9.78 Å². The molecule has 0 unspecified atom stereocenters. The van der Waals surface area contributed by atoms with Gasteiger partial charge in [0.05, 0.1) is 0 Å². The number of ether oxygens (including phenoxy) is 1. The Morgan fingerprint density at radius 3 is 2.85 bits per heavy atom. The summed E-state index contributed by atoms with van der Waals surface area (Å²) in [7, 11) is 2.01. The minimum Gasteiger partial charge on any atom is -0.444 e. The Labute approximate surface area is 120 Å². The van der Waals surface area contributed by atoms with Crippen LogP contribution in [0.4, 0.5) is 4.79 Å². The van der Waals surface area contributed by atoms with Gasteiger partial charge in [0.2, 0.25) is 0 Å². The van der Waals surface area contributed by atoms with E-state index in [1.54, 1.807) is 0 Å². The van der Waals surface area contributed by atoms with E-state index in [2.05, 4.69) is 4.98 Å². The number of hydrogen-bond acceptors (Lipinski definition) is 3. The van der Waals surface area contributed by atoms with Gasteiger partial charge in [0.25, 0.3) is 0 Å². The highest BCUT2D eigenvalue weighted by Gasteiger charge is 2.28. The molecule has 20 heavy (non-hydrogen) atoms. The van der Waals surface area contributed by atoms with Gasteiger partial charge in [-0.1, -0.05) is 0 Å². The van der Waals surface area contributed by atoms with Crippen LogP contribution in [0, 0.1) is 5.92 Å². The van der Waals surface area contributed by atoms with Gasteiger partial charge in [-0.15, -0.1) is 0 Å². The van der Waals surface area contributed by atoms with Crippen molar-refractivity contribution < 1.29 is 9.53 Å². The molecule has 0 spiro atoms. The van der Waals surface area contributed by atoms with Gasteiger partial charge >= 0.3 is 6.09 Å². The average Bonchev–Trinajstić information content (AvgIpc) is 2.73. The van der Waals surface area contributed by atoms with Crippen molar-refractivity contribution in [1.29, 1.82) is 0 Å². The van der Waals surface area contributed by atoms with Crippen molar-refractivity contribution in [2.75, 3.05) is 13.1 Å². The highest BCUT2D eigenvalue weighted by atomic mass is 16.6. The maximum Gasteiger partial charge on any atom is 0.410 e. The number of rotatable bonds is 2. The first kappa shape index (κ1) is 14.9. The highest BCUT2D eigenvalue weighted by molar-refractivity contribution is 5.68. The fourth-order valence-corrected chi connectivity index (χ4v) is 2.58. The smallest absolute Gasteiger partial charge is 0.410 e. The normalized spacial score (nSPS) is 20.0. The first-order chi connectivity index (χ1) is 9.35. The van der Waals surface area contributed by atoms with Gasteiger partial charge < -0.3 is 14.2 Å². The minimum atomic E-state index is -0.427. The Bertz CT molecular complexity index is 462. The molecule has 0 radical (unpaired) electrons. The topological polar surface area (TPSA) is 47.4 Å². The second kappa shape index (κ2) is 5.85. The van der Waals surface area contributed by atoms with E-state index in [4.69, 9.17) is 4.74 Å². The third-order valence-electron chi connectivity index (χ3n) is 3.56. The van der Waals surface area contributed by atoms with Gasteiger partial charge in [0, 0.05) is 39.0 Å². The molecule has 1 aromatic rings. The summed E-state index contributed by atoms with van der Waals surface area (Å²) in [5.74, 6) is 1.55. The van der Waals surface area contributed by atoms with E-state index < -0.39 is 5.60 Å². The molecule has 0 aromatic carbocycles. The lowest BCUT2D eigenvalue weighted by Gasteiger charge is -2.34. The first-order valence-corrected chi connectivity index (χ1v) is 7.29. The van der Waals surface area contributed by atoms with Gasteiger partial charge in [-0.3, -0.25) is 0 Å². The Kier molecular flexibility index (Phi) is 4.35. The number of likely N-dealkylation sites (tertiary alicyclic amines) is 1. The van der Waals surface area contributed by atoms with E-state index in [-0.39, 0.29) is 6.09 Å². The Morgan fingerprint density at radius 1 is 1.50 bits per heavy atom. The third-order valence-corrected chi connectivity index (χ3v) is 3.56. The molecular formula is C15H25N3O2. The number of carbonyl (C=O) groups is 1. The largest absolute Gasteiger partial charge is 0.444 e. The fourth-order valence-electron chi connectivity index (χ4n) is 2.58. The van der Waals surface area contributed by atoms with Crippen LogP contribution in [0.25, 0.3) is 0 Å². The van der Waals surface area contributed by atoms with Crippen LogP contribution in [0.15, 0.2) is 12.4 Å². The molecule has 1 aliphatic heterocycles. The molecule has 1 fully saturated rings. The molecule has 5 nitrogen and oxygen atoms in total. The highest BCUT2D eigenvalue weighted by Crippen LogP contribution is 2.22. The summed E-state index contributed by atoms with van der Waals surface area (Å²) >= 11 is 0. The second-order valence-electron chi connectivity index (χ2n) is 6.59. The number of piperidine rings is 1. The monoisotopic (exact) mass is 279 g/mol. The lowest BCUT2D eigenvalue weighted by Crippen LogP contribution is -2.43. The average molecular weight is 279 g/mol. The number of aryl methyl sites for hydroxylation is 1. The van der Waals surface area contributed by atoms with Gasteiger partial charge in [0.1, 0.15) is 11.4 Å². The van der Waals surface area contributed by atoms with E-state index in [9.17, 15) is 4.79 Å². The minimum absolute atomic E-state index is 0.193. The number of carbonyl (C=O) groups excluding carboxylic acids is 1. The van der Waals surface area contributed by atoms with Crippen LogP contribution in [0.3, 0.4) is 0 Å². The molecule has 1 saturated heterocycles. The van der Waals surface area contributed by atoms with Crippen LogP contribution in [0.2, 0.25) is 0 Å². The number of imidazole rings is 1. The molecule has 2 rings (SSSR count). The van der Waals surface area contributed by atoms with Crippen LogP contribution in [0.5, 0.6) is 0 Å². The molecule has 0 aliphatic carbocycles. The Hall–Kier alpha value is -1.52. The van der Waals surface area contributed by atoms with Crippen molar-refractivity contribution in [3.8, 4) is 0 Å². The SMILES string of the molecule is Cn1ccnc1C[C@@H]1CCCN(C(=O)OC(C)(C)C)C1. The molecule has 0 saturated carbocycles. The van der Waals surface area contributed by atoms with Crippen LogP contribution in [-0.2, 0) is 18.2 Å². The van der Waals surface area contributed by atoms with E-state index >= 15 is 0 Å². The number of nitrogens with zero attached hydrogens (tertiary/aromatic N) is 3. The van der Waals surface area contributed by atoms with Crippen LogP contribution < -0.4 is 0 Å². The summed E-state index contributed by atoms with van der Waals surface area (Å²) < 4.78 is 7.50. The molecule has 2 heterocycles. The van der Waals surface area contributed by atoms with Crippen molar-refractivity contribution in [1.82, 2.24) is 14.5 Å². The summed E-state index contributed by atoms with van der Waals surface area (Å²) in [6.45, 7) is 7.27. The maximum absolute atomic E-state index is 12.1. The van der Waals surface area contributed by atoms with E-state index in [1.165, 1.54) is 0 Å². The molecule has 1 atom stereocenters. The summed E-state index contributed by atoms with van der Waals surface area (Å²) in [4.78, 5) is 18.3. The molecule has 112 valence electrons. The van der Waals surface area contributed by atoms with Crippen molar-refractivity contribution in [3.63, 3.8) is 0 Å². The van der Waals surface area contributed by atoms with Crippen molar-refractivity contribution in [2.24, 2.45) is 13.0 Å². The second-order valence-corrected chi connectivity index (χ2v) is 6.59. The molecule has 5 heteroatoms. The zero-order chi connectivity index (χ0) is 14.8. The summed E-state index contributed by atoms with van der Waals surface area (Å²) in [5.41, 5.74) is -0.427. The Balaban J connectivity index is 1.92. The molecule has 0 bridgehead atoms. The summed E-state index contributed by atoms with van der Waals surface area (Å²) in [6, 6.07) is 0. The van der Waals surface area contributed by atoms with E-state index in [0.29, 0.717) is 5.92 Å². The van der Waals surface area contributed by atoms with Gasteiger partial charge in [0.15, 0.2) is 0 Å². The van der Waals surface area contributed by atoms with Crippen LogP contribution in [-0.4, -0.2) is 39.2 Å². The molecule has 1 aromatic heterocycles. The van der Waals surface area contributed by atoms with Crippen molar-refractivity contribution in [2.45, 2.75) is 45.6 Å². The number of aromatic nitrogens is 2. The van der Waals surface area contributed by atoms with Gasteiger partial charge in [-0.05, 0) is 39.5 Å². The summed E-state index contributed by atoms with van der Waals surface area (Å²) in [6.07, 6.45) is 6.69. The lowest BCUT2D eigenvalue weighted by atomic mass is 9.95. The van der Waals surface area contributed by atoms with Crippen molar-refractivity contribution in [3.05, 3.63) is 18.2 Å². The van der Waals surface area contributed by atoms with Crippen LogP contribution >= 0.6 is 0 Å². The standard InChI is InChI=1S/C15H25N3O2/c1-15(2,3)20-14(19)18-8-5-6-12(11-18)10-13-16-7-9-17(13)4/h7,9,12H,5-6,8,10-11H2,1-4H3/t12-/m0/s1. The molecular weight excluding hydrogens is 254 g/mol. The van der Waals surface area contributed by atoms with Crippen LogP contribution in [0.1, 0.15) is 39.4 Å². The predicted molar refractivity (Wildman–Crippen MR) is 77.4 cm³/mol. The number of hydrogen-bond donors (Lipinski definition) is 0. The molecule has 1 amide bonds. The van der Waals surface area contributed by atoms with Crippen molar-refractivity contribution >= 4 is 6.09 Å². The zero-order valence-corrected chi connectivity index (χ0v) is 12.9. The first-order valence-electron chi connectivity index (χ1n) is 7.29. The zero-order valence-electron chi connectivity index (χ0n) is 12.9. The van der Waals surface area contributed by atoms with E-state index in [1.807, 2.05) is 49.7 Å². The van der Waals surface area contributed by atoms with E-state index in [0.717, 1.165) is 38.2 Å². The fraction of sp³-hybridized carbons (Fsp3) is 0.733. The Morgan fingerprint density at radius 2 is 2.25 bits per heavy atom. The summed E-state index contributed by atoms with van der Waals surface area (Å²) in [5, 5.41) is 0. The van der Waals surface area contributed by atoms with Gasteiger partial charge in [-0.2, -0.15) is 0 Å². The molecule has 0 N–H and O–H groups in total. The third kappa shape index (κ3) is 3.99.